The van der Waals surface area contributed by atoms with Crippen LogP contribution in [0, 0.1) is 13.8 Å². The third kappa shape index (κ3) is 9.31. The largest absolute Gasteiger partial charge is 0.444 e. The molecule has 0 saturated carbocycles. The van der Waals surface area contributed by atoms with Gasteiger partial charge in [-0.15, -0.1) is 0 Å². The van der Waals surface area contributed by atoms with Crippen molar-refractivity contribution in [3.05, 3.63) is 64.7 Å². The number of ether oxygens (including phenoxy) is 1. The van der Waals surface area contributed by atoms with Gasteiger partial charge in [0.15, 0.2) is 0 Å². The number of para-hydroxylation sites is 1. The summed E-state index contributed by atoms with van der Waals surface area (Å²) in [7, 11) is 0. The SMILES string of the molecule is CCc1ccc(C(C(=O)Nc2c(C)cccc2C)N(C(=O)C(CCSC)NC(=O)OC(C)(C)C)C(C)C)cc1. The first-order chi connectivity index (χ1) is 18.3. The molecule has 2 aromatic carbocycles. The molecule has 214 valence electrons. The van der Waals surface area contributed by atoms with Gasteiger partial charge >= 0.3 is 6.09 Å². The van der Waals surface area contributed by atoms with Crippen LogP contribution < -0.4 is 10.6 Å². The number of rotatable bonds is 11. The van der Waals surface area contributed by atoms with Crippen molar-refractivity contribution in [2.45, 2.75) is 92.0 Å². The van der Waals surface area contributed by atoms with Crippen LogP contribution in [0.4, 0.5) is 10.5 Å². The molecule has 2 rings (SSSR count). The molecule has 2 atom stereocenters. The monoisotopic (exact) mass is 555 g/mol. The third-order valence-corrected chi connectivity index (χ3v) is 7.01. The van der Waals surface area contributed by atoms with Gasteiger partial charge < -0.3 is 20.3 Å². The number of anilines is 1. The molecule has 0 bridgehead atoms. The van der Waals surface area contributed by atoms with Crippen LogP contribution >= 0.6 is 11.8 Å². The maximum atomic E-state index is 14.2. The molecule has 0 radical (unpaired) electrons. The van der Waals surface area contributed by atoms with E-state index in [2.05, 4.69) is 17.6 Å². The molecule has 0 aliphatic heterocycles. The molecule has 3 amide bonds. The molecule has 0 aromatic heterocycles. The van der Waals surface area contributed by atoms with E-state index in [0.717, 1.165) is 28.8 Å². The van der Waals surface area contributed by atoms with Crippen LogP contribution in [0.5, 0.6) is 0 Å². The Balaban J connectivity index is 2.55. The predicted octanol–water partition coefficient (Wildman–Crippen LogP) is 6.43. The lowest BCUT2D eigenvalue weighted by atomic mass is 9.98. The van der Waals surface area contributed by atoms with Gasteiger partial charge in [-0.3, -0.25) is 9.59 Å². The molecule has 2 unspecified atom stereocenters. The molecule has 0 saturated heterocycles. The van der Waals surface area contributed by atoms with Crippen LogP contribution in [0.2, 0.25) is 0 Å². The van der Waals surface area contributed by atoms with E-state index < -0.39 is 23.8 Å². The molecule has 0 fully saturated rings. The summed E-state index contributed by atoms with van der Waals surface area (Å²) >= 11 is 1.59. The van der Waals surface area contributed by atoms with Crippen molar-refractivity contribution in [2.24, 2.45) is 0 Å². The van der Waals surface area contributed by atoms with Crippen molar-refractivity contribution < 1.29 is 19.1 Å². The van der Waals surface area contributed by atoms with E-state index >= 15 is 0 Å². The van der Waals surface area contributed by atoms with E-state index in [-0.39, 0.29) is 17.9 Å². The molecule has 0 aliphatic carbocycles. The number of hydrogen-bond acceptors (Lipinski definition) is 5. The maximum Gasteiger partial charge on any atom is 0.408 e. The van der Waals surface area contributed by atoms with Crippen molar-refractivity contribution >= 4 is 35.4 Å². The van der Waals surface area contributed by atoms with E-state index in [1.165, 1.54) is 0 Å². The first kappa shape index (κ1) is 32.2. The fraction of sp³-hybridized carbons (Fsp3) is 0.516. The number of nitrogens with zero attached hydrogens (tertiary/aromatic N) is 1. The van der Waals surface area contributed by atoms with Crippen LogP contribution in [0.15, 0.2) is 42.5 Å². The van der Waals surface area contributed by atoms with Gasteiger partial charge in [0, 0.05) is 11.7 Å². The van der Waals surface area contributed by atoms with Gasteiger partial charge in [-0.05, 0) is 95.6 Å². The zero-order valence-electron chi connectivity index (χ0n) is 24.9. The van der Waals surface area contributed by atoms with Crippen LogP contribution in [-0.2, 0) is 20.7 Å². The normalized spacial score (nSPS) is 13.0. The molecule has 39 heavy (non-hydrogen) atoms. The number of carbonyl (C=O) groups excluding carboxylic acids is 3. The first-order valence-corrected chi connectivity index (χ1v) is 14.9. The van der Waals surface area contributed by atoms with Crippen molar-refractivity contribution in [1.82, 2.24) is 10.2 Å². The minimum atomic E-state index is -0.903. The Morgan fingerprint density at radius 2 is 1.59 bits per heavy atom. The van der Waals surface area contributed by atoms with E-state index in [9.17, 15) is 14.4 Å². The lowest BCUT2D eigenvalue weighted by Gasteiger charge is -2.37. The molecule has 7 nitrogen and oxygen atoms in total. The quantitative estimate of drug-likeness (QED) is 0.334. The average Bonchev–Trinajstić information content (AvgIpc) is 2.85. The standard InChI is InChI=1S/C31H45N3O4S/c1-10-23-14-16-24(17-15-23)27(28(35)33-26-21(4)12-11-13-22(26)5)34(20(2)3)29(36)25(18-19-39-9)32-30(37)38-31(6,7)8/h11-17,20,25,27H,10,18-19H2,1-9H3,(H,32,37)(H,33,35). The highest BCUT2D eigenvalue weighted by Gasteiger charge is 2.38. The molecule has 0 spiro atoms. The topological polar surface area (TPSA) is 87.7 Å². The number of amides is 3. The van der Waals surface area contributed by atoms with Gasteiger partial charge in [0.05, 0.1) is 0 Å². The number of alkyl carbamates (subject to hydrolysis) is 1. The van der Waals surface area contributed by atoms with E-state index in [0.29, 0.717) is 17.7 Å². The highest BCUT2D eigenvalue weighted by atomic mass is 32.2. The zero-order chi connectivity index (χ0) is 29.3. The number of carbonyl (C=O) groups is 3. The number of aryl methyl sites for hydroxylation is 3. The molecule has 2 N–H and O–H groups in total. The minimum absolute atomic E-state index is 0.306. The summed E-state index contributed by atoms with van der Waals surface area (Å²) in [4.78, 5) is 42.5. The van der Waals surface area contributed by atoms with Crippen molar-refractivity contribution in [2.75, 3.05) is 17.3 Å². The van der Waals surface area contributed by atoms with Crippen LogP contribution in [0.3, 0.4) is 0 Å². The summed E-state index contributed by atoms with van der Waals surface area (Å²) in [5.41, 5.74) is 3.76. The second-order valence-corrected chi connectivity index (χ2v) is 12.1. The first-order valence-electron chi connectivity index (χ1n) is 13.6. The Kier molecular flexibility index (Phi) is 11.9. The average molecular weight is 556 g/mol. The molecular weight excluding hydrogens is 510 g/mol. The summed E-state index contributed by atoms with van der Waals surface area (Å²) in [6.07, 6.45) is 2.56. The fourth-order valence-corrected chi connectivity index (χ4v) is 4.85. The summed E-state index contributed by atoms with van der Waals surface area (Å²) < 4.78 is 5.46. The summed E-state index contributed by atoms with van der Waals surface area (Å²) in [5, 5.41) is 5.88. The van der Waals surface area contributed by atoms with E-state index in [1.54, 1.807) is 37.4 Å². The second-order valence-electron chi connectivity index (χ2n) is 11.1. The Hall–Kier alpha value is -3.00. The third-order valence-electron chi connectivity index (χ3n) is 6.37. The van der Waals surface area contributed by atoms with Crippen molar-refractivity contribution in [3.8, 4) is 0 Å². The van der Waals surface area contributed by atoms with Crippen molar-refractivity contribution in [1.29, 1.82) is 0 Å². The Bertz CT molecular complexity index is 1110. The molecule has 2 aromatic rings. The molecular formula is C31H45N3O4S. The summed E-state index contributed by atoms with van der Waals surface area (Å²) in [6, 6.07) is 11.6. The molecule has 0 aliphatic rings. The number of thioether (sulfide) groups is 1. The van der Waals surface area contributed by atoms with E-state index in [4.69, 9.17) is 4.74 Å². The van der Waals surface area contributed by atoms with Gasteiger partial charge in [0.2, 0.25) is 5.91 Å². The Morgan fingerprint density at radius 1 is 1.00 bits per heavy atom. The van der Waals surface area contributed by atoms with Gasteiger partial charge in [0.25, 0.3) is 5.91 Å². The summed E-state index contributed by atoms with van der Waals surface area (Å²) in [5.74, 6) is 0.0218. The van der Waals surface area contributed by atoms with Crippen molar-refractivity contribution in [3.63, 3.8) is 0 Å². The highest BCUT2D eigenvalue weighted by molar-refractivity contribution is 7.98. The maximum absolute atomic E-state index is 14.2. The van der Waals surface area contributed by atoms with Gasteiger partial charge in [-0.25, -0.2) is 4.79 Å². The van der Waals surface area contributed by atoms with Crippen LogP contribution in [-0.4, -0.2) is 52.5 Å². The van der Waals surface area contributed by atoms with Gasteiger partial charge in [0.1, 0.15) is 17.7 Å². The summed E-state index contributed by atoms with van der Waals surface area (Å²) in [6.45, 7) is 15.1. The van der Waals surface area contributed by atoms with Gasteiger partial charge in [-0.1, -0.05) is 49.4 Å². The van der Waals surface area contributed by atoms with Crippen LogP contribution in [0.1, 0.15) is 76.3 Å². The lowest BCUT2D eigenvalue weighted by molar-refractivity contribution is -0.143. The minimum Gasteiger partial charge on any atom is -0.444 e. The van der Waals surface area contributed by atoms with Crippen LogP contribution in [0.25, 0.3) is 0 Å². The zero-order valence-corrected chi connectivity index (χ0v) is 25.7. The Morgan fingerprint density at radius 3 is 2.08 bits per heavy atom. The number of benzene rings is 2. The number of nitrogens with one attached hydrogen (secondary N) is 2. The van der Waals surface area contributed by atoms with Gasteiger partial charge in [-0.2, -0.15) is 11.8 Å². The lowest BCUT2D eigenvalue weighted by Crippen LogP contribution is -2.54. The second kappa shape index (κ2) is 14.4. The smallest absolute Gasteiger partial charge is 0.408 e. The predicted molar refractivity (Wildman–Crippen MR) is 161 cm³/mol. The van der Waals surface area contributed by atoms with E-state index in [1.807, 2.05) is 76.4 Å². The molecule has 0 heterocycles. The molecule has 8 heteroatoms. The fourth-order valence-electron chi connectivity index (χ4n) is 4.38. The number of hydrogen-bond donors (Lipinski definition) is 2. The highest BCUT2D eigenvalue weighted by Crippen LogP contribution is 2.29. The Labute approximate surface area is 238 Å².